The van der Waals surface area contributed by atoms with Crippen LogP contribution in [0.3, 0.4) is 0 Å². The topological polar surface area (TPSA) is 37.3 Å². The van der Waals surface area contributed by atoms with Gasteiger partial charge in [-0.2, -0.15) is 0 Å². The van der Waals surface area contributed by atoms with Crippen LogP contribution in [0.5, 0.6) is 0 Å². The van der Waals surface area contributed by atoms with Crippen LogP contribution < -0.4 is 0 Å². The van der Waals surface area contributed by atoms with E-state index in [0.29, 0.717) is 0 Å². The molecule has 0 spiro atoms. The van der Waals surface area contributed by atoms with Crippen molar-refractivity contribution in [3.05, 3.63) is 0 Å². The summed E-state index contributed by atoms with van der Waals surface area (Å²) in [5, 5.41) is 8.54. The van der Waals surface area contributed by atoms with Gasteiger partial charge in [-0.1, -0.05) is 39.5 Å². The number of carboxylic acid groups (broad SMARTS) is 1. The summed E-state index contributed by atoms with van der Waals surface area (Å²) in [5.41, 5.74) is 0. The van der Waals surface area contributed by atoms with Crippen molar-refractivity contribution in [3.63, 3.8) is 0 Å². The first kappa shape index (κ1) is 10.5. The highest BCUT2D eigenvalue weighted by Crippen LogP contribution is 2.09. The molecule has 0 unspecified atom stereocenters. The fourth-order valence-electron chi connectivity index (χ4n) is 1.00. The molecule has 0 amide bonds. The van der Waals surface area contributed by atoms with E-state index in [-0.39, 0.29) is 5.92 Å². The maximum Gasteiger partial charge on any atom is 0.306 e. The molecule has 0 aliphatic heterocycles. The molecule has 0 radical (unpaired) electrons. The van der Waals surface area contributed by atoms with Crippen LogP contribution in [-0.4, -0.2) is 11.1 Å². The average Bonchev–Trinajstić information content (AvgIpc) is 1.97. The lowest BCUT2D eigenvalue weighted by Crippen LogP contribution is -2.08. The quantitative estimate of drug-likeness (QED) is 0.603. The zero-order valence-corrected chi connectivity index (χ0v) is 7.47. The molecule has 66 valence electrons. The van der Waals surface area contributed by atoms with Crippen molar-refractivity contribution in [2.24, 2.45) is 5.92 Å². The first-order chi connectivity index (χ1) is 5.18. The second-order valence-electron chi connectivity index (χ2n) is 3.09. The van der Waals surface area contributed by atoms with Gasteiger partial charge in [-0.25, -0.2) is 0 Å². The fraction of sp³-hybridized carbons (Fsp3) is 0.889. The van der Waals surface area contributed by atoms with Gasteiger partial charge in [0, 0.05) is 0 Å². The van der Waals surface area contributed by atoms with Crippen molar-refractivity contribution in [2.75, 3.05) is 0 Å². The Labute approximate surface area is 68.6 Å². The number of carboxylic acids is 1. The Bertz CT molecular complexity index is 110. The lowest BCUT2D eigenvalue weighted by Gasteiger charge is -2.04. The molecule has 0 aromatic carbocycles. The summed E-state index contributed by atoms with van der Waals surface area (Å²) < 4.78 is 0. The minimum Gasteiger partial charge on any atom is -0.481 e. The summed E-state index contributed by atoms with van der Waals surface area (Å²) in [6.45, 7) is 3.93. The molecular weight excluding hydrogens is 140 g/mol. The van der Waals surface area contributed by atoms with E-state index in [1.165, 1.54) is 19.3 Å². The molecule has 0 aromatic rings. The fourth-order valence-corrected chi connectivity index (χ4v) is 1.00. The van der Waals surface area contributed by atoms with Crippen LogP contribution in [0.2, 0.25) is 0 Å². The van der Waals surface area contributed by atoms with Gasteiger partial charge in [-0.3, -0.25) is 4.79 Å². The number of carbonyl (C=O) groups is 1. The smallest absolute Gasteiger partial charge is 0.306 e. The SMILES string of the molecule is CCCCCC[C@@H](C)C(=O)O. The molecule has 0 aliphatic carbocycles. The summed E-state index contributed by atoms with van der Waals surface area (Å²) in [6, 6.07) is 0. The van der Waals surface area contributed by atoms with E-state index >= 15 is 0 Å². The number of hydrogen-bond donors (Lipinski definition) is 1. The third kappa shape index (κ3) is 5.89. The van der Waals surface area contributed by atoms with E-state index in [4.69, 9.17) is 5.11 Å². The molecule has 0 fully saturated rings. The monoisotopic (exact) mass is 158 g/mol. The van der Waals surface area contributed by atoms with Gasteiger partial charge in [0.25, 0.3) is 0 Å². The highest BCUT2D eigenvalue weighted by atomic mass is 16.4. The number of hydrogen-bond acceptors (Lipinski definition) is 1. The van der Waals surface area contributed by atoms with Gasteiger partial charge in [-0.15, -0.1) is 0 Å². The number of rotatable bonds is 6. The molecule has 1 N–H and O–H groups in total. The van der Waals surface area contributed by atoms with Gasteiger partial charge in [0.1, 0.15) is 0 Å². The van der Waals surface area contributed by atoms with Crippen LogP contribution in [0.4, 0.5) is 0 Å². The normalized spacial score (nSPS) is 12.9. The Morgan fingerprint density at radius 2 is 2.00 bits per heavy atom. The predicted molar refractivity (Wildman–Crippen MR) is 45.6 cm³/mol. The molecule has 11 heavy (non-hydrogen) atoms. The Morgan fingerprint density at radius 1 is 1.36 bits per heavy atom. The molecule has 1 atom stereocenters. The van der Waals surface area contributed by atoms with E-state index in [9.17, 15) is 4.79 Å². The molecule has 0 heterocycles. The average molecular weight is 158 g/mol. The van der Waals surface area contributed by atoms with E-state index in [0.717, 1.165) is 12.8 Å². The third-order valence-corrected chi connectivity index (χ3v) is 1.91. The summed E-state index contributed by atoms with van der Waals surface area (Å²) >= 11 is 0. The van der Waals surface area contributed by atoms with Crippen LogP contribution in [0.1, 0.15) is 46.0 Å². The minimum absolute atomic E-state index is 0.160. The zero-order chi connectivity index (χ0) is 8.69. The Morgan fingerprint density at radius 3 is 2.45 bits per heavy atom. The first-order valence-corrected chi connectivity index (χ1v) is 4.41. The Balaban J connectivity index is 3.17. The lowest BCUT2D eigenvalue weighted by atomic mass is 10.0. The van der Waals surface area contributed by atoms with Gasteiger partial charge in [0.2, 0.25) is 0 Å². The summed E-state index contributed by atoms with van der Waals surface area (Å²) in [5.74, 6) is -0.826. The van der Waals surface area contributed by atoms with E-state index in [1.54, 1.807) is 6.92 Å². The Kier molecular flexibility index (Phi) is 5.90. The largest absolute Gasteiger partial charge is 0.481 e. The number of unbranched alkanes of at least 4 members (excludes halogenated alkanes) is 3. The predicted octanol–water partition coefficient (Wildman–Crippen LogP) is 2.68. The van der Waals surface area contributed by atoms with Gasteiger partial charge < -0.3 is 5.11 Å². The van der Waals surface area contributed by atoms with Crippen molar-refractivity contribution in [3.8, 4) is 0 Å². The summed E-state index contributed by atoms with van der Waals surface area (Å²) in [7, 11) is 0. The van der Waals surface area contributed by atoms with Crippen molar-refractivity contribution < 1.29 is 9.90 Å². The highest BCUT2D eigenvalue weighted by Gasteiger charge is 2.08. The molecule has 2 heteroatoms. The zero-order valence-electron chi connectivity index (χ0n) is 7.47. The Hall–Kier alpha value is -0.530. The maximum atomic E-state index is 10.4. The van der Waals surface area contributed by atoms with Crippen molar-refractivity contribution >= 4 is 5.97 Å². The first-order valence-electron chi connectivity index (χ1n) is 4.41. The van der Waals surface area contributed by atoms with Crippen LogP contribution in [-0.2, 0) is 4.79 Å². The molecule has 0 aromatic heterocycles. The van der Waals surface area contributed by atoms with Gasteiger partial charge >= 0.3 is 5.97 Å². The van der Waals surface area contributed by atoms with Crippen LogP contribution in [0.15, 0.2) is 0 Å². The minimum atomic E-state index is -0.665. The molecule has 0 saturated heterocycles. The van der Waals surface area contributed by atoms with Crippen molar-refractivity contribution in [2.45, 2.75) is 46.0 Å². The van der Waals surface area contributed by atoms with Crippen molar-refractivity contribution in [1.29, 1.82) is 0 Å². The van der Waals surface area contributed by atoms with Gasteiger partial charge in [0.15, 0.2) is 0 Å². The summed E-state index contributed by atoms with van der Waals surface area (Å²) in [6.07, 6.45) is 5.50. The standard InChI is InChI=1S/C9H18O2/c1-3-4-5-6-7-8(2)9(10)11/h8H,3-7H2,1-2H3,(H,10,11)/t8-/m1/s1. The van der Waals surface area contributed by atoms with E-state index in [2.05, 4.69) is 6.92 Å². The molecule has 0 aliphatic rings. The molecule has 0 saturated carbocycles. The third-order valence-electron chi connectivity index (χ3n) is 1.91. The van der Waals surface area contributed by atoms with Gasteiger partial charge in [0.05, 0.1) is 5.92 Å². The highest BCUT2D eigenvalue weighted by molar-refractivity contribution is 5.69. The maximum absolute atomic E-state index is 10.4. The molecule has 0 rings (SSSR count). The number of aliphatic carboxylic acids is 1. The molecule has 0 bridgehead atoms. The second-order valence-corrected chi connectivity index (χ2v) is 3.09. The summed E-state index contributed by atoms with van der Waals surface area (Å²) in [4.78, 5) is 10.4. The van der Waals surface area contributed by atoms with E-state index in [1.807, 2.05) is 0 Å². The van der Waals surface area contributed by atoms with Crippen molar-refractivity contribution in [1.82, 2.24) is 0 Å². The van der Waals surface area contributed by atoms with Crippen LogP contribution >= 0.6 is 0 Å². The molecule has 2 nitrogen and oxygen atoms in total. The lowest BCUT2D eigenvalue weighted by molar-refractivity contribution is -0.141. The van der Waals surface area contributed by atoms with Crippen LogP contribution in [0, 0.1) is 5.92 Å². The second kappa shape index (κ2) is 6.20. The van der Waals surface area contributed by atoms with Crippen LogP contribution in [0.25, 0.3) is 0 Å². The molecular formula is C9H18O2. The van der Waals surface area contributed by atoms with E-state index < -0.39 is 5.97 Å². The van der Waals surface area contributed by atoms with Gasteiger partial charge in [-0.05, 0) is 6.42 Å².